The molecule has 0 fully saturated rings. The average molecular weight is 313 g/mol. The Morgan fingerprint density at radius 2 is 1.77 bits per heavy atom. The molecule has 1 N–H and O–H groups in total. The third-order valence-corrected chi connectivity index (χ3v) is 3.26. The zero-order chi connectivity index (χ0) is 17.2. The number of carbonyl (C=O) groups excluding carboxylic acids is 3. The van der Waals surface area contributed by atoms with Crippen LogP contribution in [0.2, 0.25) is 0 Å². The summed E-state index contributed by atoms with van der Waals surface area (Å²) in [7, 11) is 0. The van der Waals surface area contributed by atoms with Crippen molar-refractivity contribution in [3.05, 3.63) is 12.2 Å². The Kier molecular flexibility index (Phi) is 9.13. The van der Waals surface area contributed by atoms with Crippen LogP contribution in [0.3, 0.4) is 0 Å². The molecule has 0 aromatic rings. The van der Waals surface area contributed by atoms with Gasteiger partial charge in [-0.3, -0.25) is 9.59 Å². The van der Waals surface area contributed by atoms with Gasteiger partial charge in [0.25, 0.3) is 0 Å². The van der Waals surface area contributed by atoms with Crippen molar-refractivity contribution < 1.29 is 23.9 Å². The molecule has 0 radical (unpaired) electrons. The molecule has 0 spiro atoms. The molecule has 0 saturated heterocycles. The summed E-state index contributed by atoms with van der Waals surface area (Å²) in [6.07, 6.45) is 1.30. The topological polar surface area (TPSA) is 81.7 Å². The van der Waals surface area contributed by atoms with Crippen molar-refractivity contribution in [2.24, 2.45) is 5.41 Å². The first-order chi connectivity index (χ1) is 10.2. The van der Waals surface area contributed by atoms with Gasteiger partial charge >= 0.3 is 11.9 Å². The molecule has 1 amide bonds. The first kappa shape index (κ1) is 20.1. The van der Waals surface area contributed by atoms with Crippen molar-refractivity contribution in [3.8, 4) is 0 Å². The molecular formula is C16H27NO5. The fourth-order valence-electron chi connectivity index (χ4n) is 1.31. The van der Waals surface area contributed by atoms with E-state index in [4.69, 9.17) is 9.47 Å². The number of rotatable bonds is 10. The highest BCUT2D eigenvalue weighted by molar-refractivity contribution is 5.86. The van der Waals surface area contributed by atoms with Crippen molar-refractivity contribution in [1.29, 1.82) is 0 Å². The summed E-state index contributed by atoms with van der Waals surface area (Å²) in [6.45, 7) is 11.3. The van der Waals surface area contributed by atoms with Crippen molar-refractivity contribution in [3.63, 3.8) is 0 Å². The normalized spacial score (nSPS) is 10.7. The molecule has 0 rings (SSSR count). The number of carbonyl (C=O) groups is 3. The average Bonchev–Trinajstić information content (AvgIpc) is 2.47. The molecule has 0 aliphatic carbocycles. The Labute approximate surface area is 132 Å². The number of ether oxygens (including phenoxy) is 2. The Morgan fingerprint density at radius 1 is 1.14 bits per heavy atom. The molecule has 0 atom stereocenters. The minimum Gasteiger partial charge on any atom is -0.464 e. The molecular weight excluding hydrogens is 286 g/mol. The van der Waals surface area contributed by atoms with Gasteiger partial charge in [-0.2, -0.15) is 0 Å². The molecule has 0 aromatic heterocycles. The molecule has 22 heavy (non-hydrogen) atoms. The zero-order valence-electron chi connectivity index (χ0n) is 14.0. The van der Waals surface area contributed by atoms with E-state index in [1.54, 1.807) is 6.92 Å². The summed E-state index contributed by atoms with van der Waals surface area (Å²) in [6, 6.07) is 0. The molecule has 0 aliphatic heterocycles. The fourth-order valence-corrected chi connectivity index (χ4v) is 1.31. The van der Waals surface area contributed by atoms with Gasteiger partial charge in [0, 0.05) is 17.4 Å². The van der Waals surface area contributed by atoms with Crippen molar-refractivity contribution >= 4 is 17.8 Å². The van der Waals surface area contributed by atoms with Crippen LogP contribution in [0.25, 0.3) is 0 Å². The number of nitrogens with one attached hydrogen (secondary N) is 1. The highest BCUT2D eigenvalue weighted by Gasteiger charge is 2.24. The minimum absolute atomic E-state index is 0.0576. The summed E-state index contributed by atoms with van der Waals surface area (Å²) in [5.41, 5.74) is -0.0923. The molecule has 0 bridgehead atoms. The zero-order valence-corrected chi connectivity index (χ0v) is 14.0. The largest absolute Gasteiger partial charge is 0.464 e. The summed E-state index contributed by atoms with van der Waals surface area (Å²) in [4.78, 5) is 34.3. The van der Waals surface area contributed by atoms with E-state index in [0.717, 1.165) is 6.42 Å². The maximum Gasteiger partial charge on any atom is 0.333 e. The fraction of sp³-hybridized carbons (Fsp3) is 0.688. The second-order valence-corrected chi connectivity index (χ2v) is 5.73. The van der Waals surface area contributed by atoms with Crippen LogP contribution < -0.4 is 5.32 Å². The lowest BCUT2D eigenvalue weighted by atomic mass is 9.89. The van der Waals surface area contributed by atoms with Crippen molar-refractivity contribution in [1.82, 2.24) is 5.32 Å². The molecule has 126 valence electrons. The predicted octanol–water partition coefficient (Wildman–Crippen LogP) is 1.98. The highest BCUT2D eigenvalue weighted by Crippen LogP contribution is 2.18. The number of esters is 2. The third-order valence-electron chi connectivity index (χ3n) is 3.26. The molecule has 6 heteroatoms. The lowest BCUT2D eigenvalue weighted by Gasteiger charge is -2.21. The molecule has 0 heterocycles. The monoisotopic (exact) mass is 313 g/mol. The standard InChI is InChI=1S/C16H27NO5/c1-6-16(4,5)15(20)17-9-11-21-13(18)8-7-10-22-14(19)12(2)3/h2,6-11H2,1,3-5H3,(H,17,20). The summed E-state index contributed by atoms with van der Waals surface area (Å²) in [5, 5.41) is 2.73. The molecule has 6 nitrogen and oxygen atoms in total. The summed E-state index contributed by atoms with van der Waals surface area (Å²) >= 11 is 0. The van der Waals surface area contributed by atoms with E-state index in [1.807, 2.05) is 20.8 Å². The highest BCUT2D eigenvalue weighted by atomic mass is 16.5. The predicted molar refractivity (Wildman–Crippen MR) is 83.0 cm³/mol. The van der Waals surface area contributed by atoms with Crippen LogP contribution in [0, 0.1) is 5.41 Å². The van der Waals surface area contributed by atoms with Crippen LogP contribution in [0.1, 0.15) is 47.0 Å². The maximum absolute atomic E-state index is 11.8. The molecule has 0 saturated carbocycles. The Morgan fingerprint density at radius 3 is 2.32 bits per heavy atom. The van der Waals surface area contributed by atoms with Crippen molar-refractivity contribution in [2.75, 3.05) is 19.8 Å². The number of amides is 1. The van der Waals surface area contributed by atoms with Crippen LogP contribution >= 0.6 is 0 Å². The molecule has 0 unspecified atom stereocenters. The van der Waals surface area contributed by atoms with Gasteiger partial charge in [0.15, 0.2) is 0 Å². The lowest BCUT2D eigenvalue weighted by molar-refractivity contribution is -0.146. The Balaban J connectivity index is 3.69. The second kappa shape index (κ2) is 9.97. The van der Waals surface area contributed by atoms with Gasteiger partial charge in [-0.15, -0.1) is 0 Å². The van der Waals surface area contributed by atoms with Gasteiger partial charge in [0.05, 0.1) is 13.2 Å². The second-order valence-electron chi connectivity index (χ2n) is 5.73. The minimum atomic E-state index is -0.463. The summed E-state index contributed by atoms with van der Waals surface area (Å²) < 4.78 is 9.84. The van der Waals surface area contributed by atoms with E-state index >= 15 is 0 Å². The van der Waals surface area contributed by atoms with Crippen LogP contribution in [0.5, 0.6) is 0 Å². The van der Waals surface area contributed by atoms with Crippen molar-refractivity contribution in [2.45, 2.75) is 47.0 Å². The molecule has 0 aliphatic rings. The van der Waals surface area contributed by atoms with Gasteiger partial charge in [0.2, 0.25) is 5.91 Å². The van der Waals surface area contributed by atoms with E-state index in [0.29, 0.717) is 18.5 Å². The number of hydrogen-bond acceptors (Lipinski definition) is 5. The van der Waals surface area contributed by atoms with Crippen LogP contribution in [-0.2, 0) is 23.9 Å². The van der Waals surface area contributed by atoms with E-state index in [9.17, 15) is 14.4 Å². The van der Waals surface area contributed by atoms with Gasteiger partial charge < -0.3 is 14.8 Å². The lowest BCUT2D eigenvalue weighted by Crippen LogP contribution is -2.38. The van der Waals surface area contributed by atoms with Gasteiger partial charge in [-0.1, -0.05) is 27.4 Å². The number of hydrogen-bond donors (Lipinski definition) is 1. The smallest absolute Gasteiger partial charge is 0.333 e. The molecule has 0 aromatic carbocycles. The van der Waals surface area contributed by atoms with Crippen LogP contribution in [-0.4, -0.2) is 37.6 Å². The van der Waals surface area contributed by atoms with E-state index < -0.39 is 11.4 Å². The maximum atomic E-state index is 11.8. The van der Waals surface area contributed by atoms with Gasteiger partial charge in [0.1, 0.15) is 6.61 Å². The third kappa shape index (κ3) is 8.44. The first-order valence-corrected chi connectivity index (χ1v) is 7.47. The Bertz CT molecular complexity index is 415. The van der Waals surface area contributed by atoms with Gasteiger partial charge in [-0.25, -0.2) is 4.79 Å². The van der Waals surface area contributed by atoms with Crippen LogP contribution in [0.4, 0.5) is 0 Å². The summed E-state index contributed by atoms with van der Waals surface area (Å²) in [5.74, 6) is -0.900. The van der Waals surface area contributed by atoms with E-state index in [-0.39, 0.29) is 31.5 Å². The quantitative estimate of drug-likeness (QED) is 0.379. The van der Waals surface area contributed by atoms with E-state index in [1.165, 1.54) is 0 Å². The van der Waals surface area contributed by atoms with E-state index in [2.05, 4.69) is 11.9 Å². The first-order valence-electron chi connectivity index (χ1n) is 7.47. The SMILES string of the molecule is C=C(C)C(=O)OCCCC(=O)OCCNC(=O)C(C)(C)CC. The van der Waals surface area contributed by atoms with Crippen LogP contribution in [0.15, 0.2) is 12.2 Å². The Hall–Kier alpha value is -1.85. The van der Waals surface area contributed by atoms with Gasteiger partial charge in [-0.05, 0) is 19.8 Å².